The molecule has 1 atom stereocenters. The first-order valence-corrected chi connectivity index (χ1v) is 4.81. The average molecular weight is 197 g/mol. The number of halogens is 1. The van der Waals surface area contributed by atoms with E-state index in [0.29, 0.717) is 11.4 Å². The molecule has 70 valence electrons. The van der Waals surface area contributed by atoms with E-state index < -0.39 is 0 Å². The average Bonchev–Trinajstić information content (AvgIpc) is 2.16. The predicted molar refractivity (Wildman–Crippen MR) is 55.2 cm³/mol. The summed E-state index contributed by atoms with van der Waals surface area (Å²) in [6, 6.07) is 7.49. The third-order valence-corrected chi connectivity index (χ3v) is 2.55. The standard InChI is InChI=1S/C11H13ClO/c1-3-11(13)8(2)9-6-4-5-7-10(9)12/h4-8H,3H2,1-2H3. The summed E-state index contributed by atoms with van der Waals surface area (Å²) >= 11 is 5.97. The lowest BCUT2D eigenvalue weighted by atomic mass is 9.95. The van der Waals surface area contributed by atoms with Gasteiger partial charge in [-0.05, 0) is 11.6 Å². The van der Waals surface area contributed by atoms with Crippen LogP contribution in [0.25, 0.3) is 0 Å². The van der Waals surface area contributed by atoms with Crippen LogP contribution in [0.5, 0.6) is 0 Å². The van der Waals surface area contributed by atoms with Crippen molar-refractivity contribution in [3.05, 3.63) is 34.9 Å². The fraction of sp³-hybridized carbons (Fsp3) is 0.364. The molecule has 0 amide bonds. The lowest BCUT2D eigenvalue weighted by Crippen LogP contribution is -2.07. The molecule has 0 aromatic heterocycles. The molecule has 1 nitrogen and oxygen atoms in total. The molecule has 1 unspecified atom stereocenters. The first kappa shape index (κ1) is 10.3. The smallest absolute Gasteiger partial charge is 0.139 e. The summed E-state index contributed by atoms with van der Waals surface area (Å²) in [6.07, 6.45) is 0.562. The maximum absolute atomic E-state index is 11.4. The number of carbonyl (C=O) groups is 1. The molecule has 0 spiro atoms. The van der Waals surface area contributed by atoms with Crippen molar-refractivity contribution in [3.63, 3.8) is 0 Å². The van der Waals surface area contributed by atoms with Crippen molar-refractivity contribution in [2.75, 3.05) is 0 Å². The van der Waals surface area contributed by atoms with Crippen LogP contribution in [0.2, 0.25) is 5.02 Å². The van der Waals surface area contributed by atoms with Crippen LogP contribution in [0.3, 0.4) is 0 Å². The van der Waals surface area contributed by atoms with Gasteiger partial charge in [0, 0.05) is 17.4 Å². The summed E-state index contributed by atoms with van der Waals surface area (Å²) in [5.74, 6) is 0.145. The van der Waals surface area contributed by atoms with Crippen LogP contribution in [0, 0.1) is 0 Å². The monoisotopic (exact) mass is 196 g/mol. The number of ketones is 1. The number of rotatable bonds is 3. The van der Waals surface area contributed by atoms with Crippen LogP contribution in [0.15, 0.2) is 24.3 Å². The van der Waals surface area contributed by atoms with E-state index in [-0.39, 0.29) is 11.7 Å². The van der Waals surface area contributed by atoms with Gasteiger partial charge in [0.15, 0.2) is 0 Å². The molecule has 2 heteroatoms. The van der Waals surface area contributed by atoms with Crippen molar-refractivity contribution in [3.8, 4) is 0 Å². The Morgan fingerprint density at radius 3 is 2.62 bits per heavy atom. The topological polar surface area (TPSA) is 17.1 Å². The minimum Gasteiger partial charge on any atom is -0.299 e. The van der Waals surface area contributed by atoms with Crippen LogP contribution >= 0.6 is 11.6 Å². The van der Waals surface area contributed by atoms with Crippen LogP contribution < -0.4 is 0 Å². The summed E-state index contributed by atoms with van der Waals surface area (Å²) < 4.78 is 0. The number of Topliss-reactive ketones (excluding diaryl/α,β-unsaturated/α-hetero) is 1. The van der Waals surface area contributed by atoms with E-state index in [1.165, 1.54) is 0 Å². The van der Waals surface area contributed by atoms with Gasteiger partial charge in [-0.25, -0.2) is 0 Å². The van der Waals surface area contributed by atoms with E-state index in [0.717, 1.165) is 5.56 Å². The Morgan fingerprint density at radius 1 is 1.46 bits per heavy atom. The van der Waals surface area contributed by atoms with Crippen molar-refractivity contribution >= 4 is 17.4 Å². The van der Waals surface area contributed by atoms with E-state index in [2.05, 4.69) is 0 Å². The molecule has 0 bridgehead atoms. The van der Waals surface area contributed by atoms with Gasteiger partial charge in [0.05, 0.1) is 0 Å². The molecule has 0 aliphatic heterocycles. The van der Waals surface area contributed by atoms with Crippen molar-refractivity contribution in [1.29, 1.82) is 0 Å². The highest BCUT2D eigenvalue weighted by Gasteiger charge is 2.15. The Kier molecular flexibility index (Phi) is 3.49. The highest BCUT2D eigenvalue weighted by atomic mass is 35.5. The molecule has 0 saturated carbocycles. The highest BCUT2D eigenvalue weighted by Crippen LogP contribution is 2.25. The number of benzene rings is 1. The molecular weight excluding hydrogens is 184 g/mol. The molecule has 1 rings (SSSR count). The van der Waals surface area contributed by atoms with Crippen LogP contribution in [-0.2, 0) is 4.79 Å². The summed E-state index contributed by atoms with van der Waals surface area (Å²) in [6.45, 7) is 3.77. The summed E-state index contributed by atoms with van der Waals surface area (Å²) in [4.78, 5) is 11.4. The molecule has 13 heavy (non-hydrogen) atoms. The second-order valence-corrected chi connectivity index (χ2v) is 3.47. The zero-order chi connectivity index (χ0) is 9.84. The quantitative estimate of drug-likeness (QED) is 0.724. The largest absolute Gasteiger partial charge is 0.299 e. The minimum atomic E-state index is -0.0845. The highest BCUT2D eigenvalue weighted by molar-refractivity contribution is 6.31. The zero-order valence-corrected chi connectivity index (χ0v) is 8.64. The first-order chi connectivity index (χ1) is 6.16. The summed E-state index contributed by atoms with van der Waals surface area (Å²) in [5, 5.41) is 0.678. The van der Waals surface area contributed by atoms with Gasteiger partial charge >= 0.3 is 0 Å². The number of hydrogen-bond donors (Lipinski definition) is 0. The fourth-order valence-corrected chi connectivity index (χ4v) is 1.61. The fourth-order valence-electron chi connectivity index (χ4n) is 1.31. The maximum Gasteiger partial charge on any atom is 0.139 e. The van der Waals surface area contributed by atoms with Gasteiger partial charge in [-0.1, -0.05) is 43.6 Å². The van der Waals surface area contributed by atoms with E-state index in [9.17, 15) is 4.79 Å². The number of carbonyl (C=O) groups excluding carboxylic acids is 1. The Hall–Kier alpha value is -0.820. The van der Waals surface area contributed by atoms with Crippen LogP contribution in [0.1, 0.15) is 31.7 Å². The summed E-state index contributed by atoms with van der Waals surface area (Å²) in [5.41, 5.74) is 0.927. The maximum atomic E-state index is 11.4. The lowest BCUT2D eigenvalue weighted by Gasteiger charge is -2.10. The minimum absolute atomic E-state index is 0.0845. The molecule has 0 fully saturated rings. The summed E-state index contributed by atoms with van der Waals surface area (Å²) in [7, 11) is 0. The van der Waals surface area contributed by atoms with Gasteiger partial charge in [0.2, 0.25) is 0 Å². The van der Waals surface area contributed by atoms with Gasteiger partial charge in [-0.2, -0.15) is 0 Å². The number of hydrogen-bond acceptors (Lipinski definition) is 1. The Morgan fingerprint density at radius 2 is 2.08 bits per heavy atom. The second-order valence-electron chi connectivity index (χ2n) is 3.06. The molecule has 1 aromatic rings. The van der Waals surface area contributed by atoms with E-state index in [1.54, 1.807) is 0 Å². The molecule has 0 aliphatic rings. The van der Waals surface area contributed by atoms with Gasteiger partial charge < -0.3 is 0 Å². The van der Waals surface area contributed by atoms with Crippen molar-refractivity contribution in [2.45, 2.75) is 26.2 Å². The molecule has 0 heterocycles. The normalized spacial score (nSPS) is 12.5. The van der Waals surface area contributed by atoms with Crippen molar-refractivity contribution in [1.82, 2.24) is 0 Å². The molecule has 0 saturated heterocycles. The van der Waals surface area contributed by atoms with Crippen LogP contribution in [-0.4, -0.2) is 5.78 Å². The second kappa shape index (κ2) is 4.43. The molecule has 0 aliphatic carbocycles. The molecular formula is C11H13ClO. The van der Waals surface area contributed by atoms with E-state index in [1.807, 2.05) is 38.1 Å². The predicted octanol–water partition coefficient (Wildman–Crippen LogP) is 3.42. The van der Waals surface area contributed by atoms with Gasteiger partial charge in [-0.15, -0.1) is 0 Å². The Bertz CT molecular complexity index is 307. The Balaban J connectivity index is 2.95. The third kappa shape index (κ3) is 2.31. The molecule has 1 aromatic carbocycles. The first-order valence-electron chi connectivity index (χ1n) is 4.44. The van der Waals surface area contributed by atoms with Gasteiger partial charge in [-0.3, -0.25) is 4.79 Å². The SMILES string of the molecule is CCC(=O)C(C)c1ccccc1Cl. The third-order valence-electron chi connectivity index (χ3n) is 2.20. The van der Waals surface area contributed by atoms with Gasteiger partial charge in [0.25, 0.3) is 0 Å². The van der Waals surface area contributed by atoms with E-state index in [4.69, 9.17) is 11.6 Å². The van der Waals surface area contributed by atoms with Crippen molar-refractivity contribution < 1.29 is 4.79 Å². The molecule has 0 N–H and O–H groups in total. The van der Waals surface area contributed by atoms with Crippen molar-refractivity contribution in [2.24, 2.45) is 0 Å². The van der Waals surface area contributed by atoms with E-state index >= 15 is 0 Å². The van der Waals surface area contributed by atoms with Crippen LogP contribution in [0.4, 0.5) is 0 Å². The Labute approximate surface area is 83.7 Å². The van der Waals surface area contributed by atoms with Gasteiger partial charge in [0.1, 0.15) is 5.78 Å². The zero-order valence-electron chi connectivity index (χ0n) is 7.88. The molecule has 0 radical (unpaired) electrons. The lowest BCUT2D eigenvalue weighted by molar-refractivity contribution is -0.119.